The van der Waals surface area contributed by atoms with E-state index in [4.69, 9.17) is 28.4 Å². The van der Waals surface area contributed by atoms with Crippen molar-refractivity contribution >= 4 is 5.91 Å². The molecule has 3 rings (SSSR count). The summed E-state index contributed by atoms with van der Waals surface area (Å²) >= 11 is 0. The standard InChI is InChI=1S/C78H141NO18/c1-3-5-7-9-11-13-15-17-19-20-21-22-23-24-25-26-27-28-29-30-31-32-33-34-35-36-37-38-39-40-42-44-46-48-50-52-54-56-66(84)79-61(62(83)55-53-51-49-47-45-43-41-18-16-14-12-10-8-6-4-2)60-92-76-72(90)69(87)74(64(58-81)94-76)97-78-73(91)70(88)75(65(59-82)95-78)96-77-71(89)68(86)67(85)63(57-80)93-77/h15,17,20-21,23-24,45,47,53,55,61-65,67-78,80-83,85-91H,3-14,16,18-19,22,25-44,46,48-52,54,56-60H2,1-2H3,(H,79,84)/b17-15-,21-20-,24-23-,47-45+,55-53+. The Balaban J connectivity index is 1.32. The fourth-order valence-corrected chi connectivity index (χ4v) is 13.0. The Morgan fingerprint density at radius 3 is 1.10 bits per heavy atom. The van der Waals surface area contributed by atoms with Crippen molar-refractivity contribution in [2.75, 3.05) is 26.4 Å². The van der Waals surface area contributed by atoms with E-state index in [-0.39, 0.29) is 18.9 Å². The Morgan fingerprint density at radius 2 is 0.691 bits per heavy atom. The third-order valence-electron chi connectivity index (χ3n) is 19.3. The van der Waals surface area contributed by atoms with Crippen LogP contribution in [0.2, 0.25) is 0 Å². The van der Waals surface area contributed by atoms with Gasteiger partial charge in [-0.05, 0) is 70.6 Å². The molecular weight excluding hydrogens is 1240 g/mol. The second-order valence-corrected chi connectivity index (χ2v) is 27.8. The Labute approximate surface area is 586 Å². The number of aliphatic hydroxyl groups is 11. The van der Waals surface area contributed by atoms with Crippen LogP contribution >= 0.6 is 0 Å². The lowest BCUT2D eigenvalue weighted by Crippen LogP contribution is -2.66. The fourth-order valence-electron chi connectivity index (χ4n) is 13.0. The van der Waals surface area contributed by atoms with Gasteiger partial charge in [0.1, 0.15) is 73.2 Å². The van der Waals surface area contributed by atoms with Gasteiger partial charge in [0.2, 0.25) is 5.91 Å². The maximum absolute atomic E-state index is 13.4. The normalized spacial score (nSPS) is 27.2. The van der Waals surface area contributed by atoms with Crippen LogP contribution in [-0.4, -0.2) is 193 Å². The molecule has 17 unspecified atom stereocenters. The van der Waals surface area contributed by atoms with Crippen LogP contribution in [0.3, 0.4) is 0 Å². The Morgan fingerprint density at radius 1 is 0.371 bits per heavy atom. The van der Waals surface area contributed by atoms with E-state index in [2.05, 4.69) is 67.8 Å². The molecule has 3 heterocycles. The van der Waals surface area contributed by atoms with Crippen molar-refractivity contribution in [3.8, 4) is 0 Å². The molecule has 0 aliphatic carbocycles. The van der Waals surface area contributed by atoms with Crippen LogP contribution in [0.4, 0.5) is 0 Å². The van der Waals surface area contributed by atoms with Gasteiger partial charge >= 0.3 is 0 Å². The molecule has 97 heavy (non-hydrogen) atoms. The molecule has 0 spiro atoms. The van der Waals surface area contributed by atoms with Crippen molar-refractivity contribution < 1.29 is 89.4 Å². The lowest BCUT2D eigenvalue weighted by Gasteiger charge is -2.48. The zero-order valence-corrected chi connectivity index (χ0v) is 60.3. The quantitative estimate of drug-likeness (QED) is 0.0199. The maximum atomic E-state index is 13.4. The van der Waals surface area contributed by atoms with Gasteiger partial charge in [-0.2, -0.15) is 0 Å². The predicted molar refractivity (Wildman–Crippen MR) is 383 cm³/mol. The van der Waals surface area contributed by atoms with E-state index in [9.17, 15) is 61.0 Å². The molecule has 19 nitrogen and oxygen atoms in total. The molecule has 12 N–H and O–H groups in total. The molecule has 0 radical (unpaired) electrons. The van der Waals surface area contributed by atoms with Gasteiger partial charge in [0.15, 0.2) is 18.9 Å². The van der Waals surface area contributed by atoms with E-state index < -0.39 is 124 Å². The first kappa shape index (κ1) is 88.7. The first-order valence-corrected chi connectivity index (χ1v) is 39.0. The van der Waals surface area contributed by atoms with Crippen LogP contribution in [0.1, 0.15) is 296 Å². The highest BCUT2D eigenvalue weighted by Crippen LogP contribution is 2.33. The van der Waals surface area contributed by atoms with Crippen molar-refractivity contribution in [2.24, 2.45) is 0 Å². The van der Waals surface area contributed by atoms with Crippen LogP contribution in [0.5, 0.6) is 0 Å². The van der Waals surface area contributed by atoms with Crippen LogP contribution < -0.4 is 5.32 Å². The molecule has 3 fully saturated rings. The molecule has 3 saturated heterocycles. The SMILES string of the molecule is CCCCCCC/C=C\C/C=C\C/C=C\CCCCCCCCCCCCCCCCCCCCCCCCC(=O)NC(COC1OC(CO)C(OC2OC(CO)C(OC3OC(CO)C(O)C(O)C3O)C(O)C2O)C(O)C1O)C(O)/C=C/CC/C=C/CCCCCCCCCCC. The van der Waals surface area contributed by atoms with Gasteiger partial charge in [0.25, 0.3) is 0 Å². The number of ether oxygens (including phenoxy) is 6. The molecule has 0 bridgehead atoms. The summed E-state index contributed by atoms with van der Waals surface area (Å²) in [4.78, 5) is 13.4. The smallest absolute Gasteiger partial charge is 0.220 e. The van der Waals surface area contributed by atoms with Gasteiger partial charge < -0.3 is 89.9 Å². The van der Waals surface area contributed by atoms with E-state index >= 15 is 0 Å². The molecule has 3 aliphatic rings. The lowest BCUT2D eigenvalue weighted by molar-refractivity contribution is -0.379. The summed E-state index contributed by atoms with van der Waals surface area (Å²) in [6.07, 6.45) is 48.0. The van der Waals surface area contributed by atoms with Gasteiger partial charge in [-0.25, -0.2) is 0 Å². The Hall–Kier alpha value is -2.51. The highest BCUT2D eigenvalue weighted by molar-refractivity contribution is 5.76. The molecule has 17 atom stereocenters. The minimum absolute atomic E-state index is 0.237. The first-order chi connectivity index (χ1) is 47.3. The lowest BCUT2D eigenvalue weighted by atomic mass is 9.96. The number of aliphatic hydroxyl groups excluding tert-OH is 11. The van der Waals surface area contributed by atoms with Crippen molar-refractivity contribution in [3.63, 3.8) is 0 Å². The monoisotopic (exact) mass is 1380 g/mol. The van der Waals surface area contributed by atoms with E-state index in [0.29, 0.717) is 12.8 Å². The Bertz CT molecular complexity index is 1990. The van der Waals surface area contributed by atoms with E-state index in [0.717, 1.165) is 51.4 Å². The van der Waals surface area contributed by atoms with Crippen LogP contribution in [0.25, 0.3) is 0 Å². The van der Waals surface area contributed by atoms with Crippen LogP contribution in [0.15, 0.2) is 60.8 Å². The average molecular weight is 1380 g/mol. The third kappa shape index (κ3) is 39.6. The van der Waals surface area contributed by atoms with E-state index in [1.54, 1.807) is 6.08 Å². The number of amides is 1. The highest BCUT2D eigenvalue weighted by atomic mass is 16.8. The summed E-state index contributed by atoms with van der Waals surface area (Å²) in [5.74, 6) is -0.282. The minimum atomic E-state index is -1.98. The second-order valence-electron chi connectivity index (χ2n) is 27.8. The number of unbranched alkanes of at least 4 members (excludes halogenated alkanes) is 37. The van der Waals surface area contributed by atoms with Gasteiger partial charge in [-0.1, -0.05) is 280 Å². The molecule has 19 heteroatoms. The molecule has 1 amide bonds. The average Bonchev–Trinajstić information content (AvgIpc) is 0.789. The number of rotatable bonds is 61. The topological polar surface area (TPSA) is 307 Å². The Kier molecular flexibility index (Phi) is 53.9. The van der Waals surface area contributed by atoms with Crippen molar-refractivity contribution in [1.29, 1.82) is 0 Å². The molecule has 3 aliphatic heterocycles. The maximum Gasteiger partial charge on any atom is 0.220 e. The number of carbonyl (C=O) groups excluding carboxylic acids is 1. The molecule has 0 aromatic rings. The molecule has 0 aromatic heterocycles. The van der Waals surface area contributed by atoms with Crippen LogP contribution in [-0.2, 0) is 33.2 Å². The zero-order chi connectivity index (χ0) is 70.4. The second kappa shape index (κ2) is 58.9. The largest absolute Gasteiger partial charge is 0.394 e. The molecule has 0 aromatic carbocycles. The molecular formula is C78H141NO18. The van der Waals surface area contributed by atoms with Crippen LogP contribution in [0, 0.1) is 0 Å². The van der Waals surface area contributed by atoms with Crippen molar-refractivity contribution in [2.45, 2.75) is 401 Å². The third-order valence-corrected chi connectivity index (χ3v) is 19.3. The summed E-state index contributed by atoms with van der Waals surface area (Å²) in [7, 11) is 0. The summed E-state index contributed by atoms with van der Waals surface area (Å²) < 4.78 is 34.4. The number of hydrogen-bond donors (Lipinski definition) is 12. The zero-order valence-electron chi connectivity index (χ0n) is 60.3. The van der Waals surface area contributed by atoms with Gasteiger partial charge in [0, 0.05) is 6.42 Å². The van der Waals surface area contributed by atoms with Crippen molar-refractivity contribution in [3.05, 3.63) is 60.8 Å². The minimum Gasteiger partial charge on any atom is -0.394 e. The highest BCUT2D eigenvalue weighted by Gasteiger charge is 2.53. The number of carbonyl (C=O) groups is 1. The van der Waals surface area contributed by atoms with E-state index in [1.807, 2.05) is 6.08 Å². The van der Waals surface area contributed by atoms with Gasteiger partial charge in [-0.3, -0.25) is 4.79 Å². The first-order valence-electron chi connectivity index (χ1n) is 39.0. The van der Waals surface area contributed by atoms with Gasteiger partial charge in [-0.15, -0.1) is 0 Å². The fraction of sp³-hybridized carbons (Fsp3) is 0.859. The molecule has 0 saturated carbocycles. The van der Waals surface area contributed by atoms with Crippen molar-refractivity contribution in [1.82, 2.24) is 5.32 Å². The summed E-state index contributed by atoms with van der Waals surface area (Å²) in [5.41, 5.74) is 0. The van der Waals surface area contributed by atoms with Gasteiger partial charge in [0.05, 0.1) is 38.6 Å². The summed E-state index contributed by atoms with van der Waals surface area (Å²) in [6.45, 7) is 1.71. The molecule has 566 valence electrons. The number of allylic oxidation sites excluding steroid dienone is 9. The summed E-state index contributed by atoms with van der Waals surface area (Å²) in [6, 6.07) is -0.990. The van der Waals surface area contributed by atoms with E-state index in [1.165, 1.54) is 212 Å². The predicted octanol–water partition coefficient (Wildman–Crippen LogP) is 12.3. The summed E-state index contributed by atoms with van der Waals surface area (Å²) in [5, 5.41) is 121. The number of hydrogen-bond acceptors (Lipinski definition) is 18. The number of nitrogens with one attached hydrogen (secondary N) is 1.